The number of carbonyl (C=O) groups excluding carboxylic acids is 1. The molecule has 0 radical (unpaired) electrons. The fraction of sp³-hybridized carbons (Fsp3) is 0.0769. The van der Waals surface area contributed by atoms with Crippen molar-refractivity contribution in [3.8, 4) is 0 Å². The Morgan fingerprint density at radius 3 is 2.83 bits per heavy atom. The van der Waals surface area contributed by atoms with E-state index < -0.39 is 5.91 Å². The van der Waals surface area contributed by atoms with Gasteiger partial charge in [0.1, 0.15) is 0 Å². The highest BCUT2D eigenvalue weighted by Gasteiger charge is 2.07. The van der Waals surface area contributed by atoms with E-state index in [1.54, 1.807) is 24.4 Å². The normalized spacial score (nSPS) is 10.1. The number of primary amides is 1. The van der Waals surface area contributed by atoms with Crippen LogP contribution < -0.4 is 11.1 Å². The van der Waals surface area contributed by atoms with Gasteiger partial charge in [-0.05, 0) is 30.3 Å². The third kappa shape index (κ3) is 2.99. The average Bonchev–Trinajstić information content (AvgIpc) is 2.38. The Labute approximate surface area is 110 Å². The SMILES string of the molecule is NC(=O)c1cc(NCc2ccccn2)ccc1Cl. The zero-order valence-corrected chi connectivity index (χ0v) is 10.3. The molecule has 1 aromatic carbocycles. The van der Waals surface area contributed by atoms with E-state index in [4.69, 9.17) is 17.3 Å². The van der Waals surface area contributed by atoms with Gasteiger partial charge >= 0.3 is 0 Å². The molecule has 1 aromatic heterocycles. The van der Waals surface area contributed by atoms with Gasteiger partial charge in [0.05, 0.1) is 22.8 Å². The fourth-order valence-electron chi connectivity index (χ4n) is 1.52. The molecule has 92 valence electrons. The van der Waals surface area contributed by atoms with Crippen LogP contribution in [0.25, 0.3) is 0 Å². The number of amides is 1. The van der Waals surface area contributed by atoms with E-state index in [1.165, 1.54) is 0 Å². The summed E-state index contributed by atoms with van der Waals surface area (Å²) >= 11 is 5.87. The van der Waals surface area contributed by atoms with Crippen LogP contribution in [0.3, 0.4) is 0 Å². The molecular formula is C13H12ClN3O. The second kappa shape index (κ2) is 5.51. The number of nitrogens with one attached hydrogen (secondary N) is 1. The van der Waals surface area contributed by atoms with Crippen LogP contribution in [0, 0.1) is 0 Å². The molecule has 18 heavy (non-hydrogen) atoms. The summed E-state index contributed by atoms with van der Waals surface area (Å²) < 4.78 is 0. The van der Waals surface area contributed by atoms with Crippen LogP contribution in [0.2, 0.25) is 5.02 Å². The van der Waals surface area contributed by atoms with Crippen LogP contribution >= 0.6 is 11.6 Å². The smallest absolute Gasteiger partial charge is 0.250 e. The minimum Gasteiger partial charge on any atom is -0.379 e. The first-order valence-corrected chi connectivity index (χ1v) is 5.78. The van der Waals surface area contributed by atoms with Gasteiger partial charge in [0.2, 0.25) is 5.91 Å². The Kier molecular flexibility index (Phi) is 3.79. The number of carbonyl (C=O) groups is 1. The van der Waals surface area contributed by atoms with E-state index in [2.05, 4.69) is 10.3 Å². The maximum Gasteiger partial charge on any atom is 0.250 e. The lowest BCUT2D eigenvalue weighted by Gasteiger charge is -2.08. The van der Waals surface area contributed by atoms with Crippen molar-refractivity contribution in [1.29, 1.82) is 0 Å². The van der Waals surface area contributed by atoms with Crippen molar-refractivity contribution in [3.05, 3.63) is 58.9 Å². The van der Waals surface area contributed by atoms with Gasteiger partial charge < -0.3 is 11.1 Å². The molecule has 0 saturated carbocycles. The Balaban J connectivity index is 2.11. The molecule has 1 amide bonds. The van der Waals surface area contributed by atoms with Crippen molar-refractivity contribution in [2.75, 3.05) is 5.32 Å². The number of nitrogens with zero attached hydrogens (tertiary/aromatic N) is 1. The second-order valence-corrected chi connectivity index (χ2v) is 4.14. The van der Waals surface area contributed by atoms with Gasteiger partial charge in [-0.2, -0.15) is 0 Å². The van der Waals surface area contributed by atoms with Crippen LogP contribution in [-0.2, 0) is 6.54 Å². The van der Waals surface area contributed by atoms with E-state index in [9.17, 15) is 4.79 Å². The Hall–Kier alpha value is -2.07. The molecule has 1 heterocycles. The van der Waals surface area contributed by atoms with Crippen molar-refractivity contribution in [2.45, 2.75) is 6.54 Å². The highest BCUT2D eigenvalue weighted by atomic mass is 35.5. The van der Waals surface area contributed by atoms with E-state index in [1.807, 2.05) is 18.2 Å². The number of hydrogen-bond donors (Lipinski definition) is 2. The summed E-state index contributed by atoms with van der Waals surface area (Å²) in [6, 6.07) is 10.8. The van der Waals surface area contributed by atoms with Gasteiger partial charge in [0.15, 0.2) is 0 Å². The Bertz CT molecular complexity index is 557. The third-order valence-electron chi connectivity index (χ3n) is 2.43. The van der Waals surface area contributed by atoms with Crippen LogP contribution in [0.15, 0.2) is 42.6 Å². The van der Waals surface area contributed by atoms with Crippen LogP contribution in [-0.4, -0.2) is 10.9 Å². The molecule has 0 atom stereocenters. The molecule has 2 rings (SSSR count). The monoisotopic (exact) mass is 261 g/mol. The van der Waals surface area contributed by atoms with Gasteiger partial charge in [0, 0.05) is 11.9 Å². The van der Waals surface area contributed by atoms with E-state index in [-0.39, 0.29) is 0 Å². The molecule has 0 aliphatic carbocycles. The maximum absolute atomic E-state index is 11.1. The molecule has 0 spiro atoms. The van der Waals surface area contributed by atoms with Crippen molar-refractivity contribution < 1.29 is 4.79 Å². The minimum absolute atomic E-state index is 0.308. The summed E-state index contributed by atoms with van der Waals surface area (Å²) in [6.45, 7) is 0.570. The Morgan fingerprint density at radius 2 is 2.17 bits per heavy atom. The van der Waals surface area contributed by atoms with Gasteiger partial charge in [-0.1, -0.05) is 17.7 Å². The number of rotatable bonds is 4. The third-order valence-corrected chi connectivity index (χ3v) is 2.76. The van der Waals surface area contributed by atoms with Gasteiger partial charge in [0.25, 0.3) is 0 Å². The number of nitrogens with two attached hydrogens (primary N) is 1. The highest BCUT2D eigenvalue weighted by molar-refractivity contribution is 6.33. The standard InChI is InChI=1S/C13H12ClN3O/c14-12-5-4-9(7-11(12)13(15)18)17-8-10-3-1-2-6-16-10/h1-7,17H,8H2,(H2,15,18). The zero-order chi connectivity index (χ0) is 13.0. The number of benzene rings is 1. The van der Waals surface area contributed by atoms with Crippen molar-refractivity contribution in [2.24, 2.45) is 5.73 Å². The predicted octanol–water partition coefficient (Wildman–Crippen LogP) is 2.45. The molecule has 0 aliphatic rings. The zero-order valence-electron chi connectivity index (χ0n) is 9.56. The van der Waals surface area contributed by atoms with Crippen LogP contribution in [0.1, 0.15) is 16.1 Å². The largest absolute Gasteiger partial charge is 0.379 e. The van der Waals surface area contributed by atoms with Gasteiger partial charge in [-0.15, -0.1) is 0 Å². The van der Waals surface area contributed by atoms with Crippen LogP contribution in [0.4, 0.5) is 5.69 Å². The second-order valence-electron chi connectivity index (χ2n) is 3.73. The molecule has 3 N–H and O–H groups in total. The first-order chi connectivity index (χ1) is 8.66. The average molecular weight is 262 g/mol. The molecule has 5 heteroatoms. The first-order valence-electron chi connectivity index (χ1n) is 5.40. The van der Waals surface area contributed by atoms with E-state index in [0.717, 1.165) is 11.4 Å². The Morgan fingerprint density at radius 1 is 1.33 bits per heavy atom. The van der Waals surface area contributed by atoms with Gasteiger partial charge in [-0.25, -0.2) is 0 Å². The summed E-state index contributed by atoms with van der Waals surface area (Å²) in [5.41, 5.74) is 7.22. The molecule has 0 bridgehead atoms. The van der Waals surface area contributed by atoms with Crippen molar-refractivity contribution in [3.63, 3.8) is 0 Å². The molecule has 2 aromatic rings. The van der Waals surface area contributed by atoms with Gasteiger partial charge in [-0.3, -0.25) is 9.78 Å². The summed E-state index contributed by atoms with van der Waals surface area (Å²) in [5, 5.41) is 3.51. The summed E-state index contributed by atoms with van der Waals surface area (Å²) in [7, 11) is 0. The topological polar surface area (TPSA) is 68.0 Å². The first kappa shape index (κ1) is 12.4. The van der Waals surface area contributed by atoms with E-state index >= 15 is 0 Å². The summed E-state index contributed by atoms with van der Waals surface area (Å²) in [4.78, 5) is 15.3. The fourth-order valence-corrected chi connectivity index (χ4v) is 1.73. The molecule has 0 saturated heterocycles. The molecule has 0 aliphatic heterocycles. The lowest BCUT2D eigenvalue weighted by molar-refractivity contribution is 0.100. The lowest BCUT2D eigenvalue weighted by Crippen LogP contribution is -2.12. The summed E-state index contributed by atoms with van der Waals surface area (Å²) in [5.74, 6) is -0.540. The maximum atomic E-state index is 11.1. The number of anilines is 1. The van der Waals surface area contributed by atoms with Crippen LogP contribution in [0.5, 0.6) is 0 Å². The number of aromatic nitrogens is 1. The van der Waals surface area contributed by atoms with Crippen molar-refractivity contribution >= 4 is 23.2 Å². The number of hydrogen-bond acceptors (Lipinski definition) is 3. The molecule has 0 fully saturated rings. The van der Waals surface area contributed by atoms with E-state index in [0.29, 0.717) is 17.1 Å². The highest BCUT2D eigenvalue weighted by Crippen LogP contribution is 2.20. The summed E-state index contributed by atoms with van der Waals surface area (Å²) in [6.07, 6.45) is 1.73. The predicted molar refractivity (Wildman–Crippen MR) is 71.5 cm³/mol. The lowest BCUT2D eigenvalue weighted by atomic mass is 10.2. The molecule has 4 nitrogen and oxygen atoms in total. The number of pyridine rings is 1. The molecular weight excluding hydrogens is 250 g/mol. The minimum atomic E-state index is -0.540. The number of halogens is 1. The quantitative estimate of drug-likeness (QED) is 0.888. The molecule has 0 unspecified atom stereocenters. The van der Waals surface area contributed by atoms with Crippen molar-refractivity contribution in [1.82, 2.24) is 4.98 Å².